The number of hydrogen-bond donors (Lipinski definition) is 1. The zero-order valence-corrected chi connectivity index (χ0v) is 7.10. The van der Waals surface area contributed by atoms with E-state index in [1.165, 1.54) is 0 Å². The molecule has 0 atom stereocenters. The highest BCUT2D eigenvalue weighted by molar-refractivity contribution is 5.22. The fourth-order valence-electron chi connectivity index (χ4n) is 0.831. The number of pyridine rings is 1. The van der Waals surface area contributed by atoms with Crippen molar-refractivity contribution in [2.24, 2.45) is 0 Å². The van der Waals surface area contributed by atoms with E-state index in [1.54, 1.807) is 18.3 Å². The summed E-state index contributed by atoms with van der Waals surface area (Å²) in [4.78, 5) is 3.87. The van der Waals surface area contributed by atoms with Crippen LogP contribution in [0.5, 0.6) is 0 Å². The smallest absolute Gasteiger partial charge is 0.140 e. The van der Waals surface area contributed by atoms with Crippen molar-refractivity contribution >= 4 is 0 Å². The predicted octanol–water partition coefficient (Wildman–Crippen LogP) is 0.462. The highest BCUT2D eigenvalue weighted by Gasteiger charge is 1.94. The molecule has 1 heterocycles. The lowest BCUT2D eigenvalue weighted by molar-refractivity contribution is 0.0814. The monoisotopic (exact) mass is 178 g/mol. The van der Waals surface area contributed by atoms with Crippen LogP contribution in [0, 0.1) is 11.3 Å². The first-order valence-corrected chi connectivity index (χ1v) is 3.90. The minimum Gasteiger partial charge on any atom is -0.394 e. The molecule has 1 aromatic rings. The van der Waals surface area contributed by atoms with E-state index in [4.69, 9.17) is 15.1 Å². The molecule has 1 aromatic heterocycles. The fourth-order valence-corrected chi connectivity index (χ4v) is 0.831. The van der Waals surface area contributed by atoms with Gasteiger partial charge in [-0.2, -0.15) is 5.26 Å². The number of ether oxygens (including phenoxy) is 1. The summed E-state index contributed by atoms with van der Waals surface area (Å²) < 4.78 is 5.07. The van der Waals surface area contributed by atoms with Gasteiger partial charge in [0.2, 0.25) is 0 Å². The van der Waals surface area contributed by atoms with Crippen LogP contribution in [-0.4, -0.2) is 23.3 Å². The highest BCUT2D eigenvalue weighted by Crippen LogP contribution is 2.00. The number of aliphatic hydroxyl groups excluding tert-OH is 1. The first-order valence-electron chi connectivity index (χ1n) is 3.90. The third kappa shape index (κ3) is 3.20. The van der Waals surface area contributed by atoms with Gasteiger partial charge in [-0.15, -0.1) is 0 Å². The molecular weight excluding hydrogens is 168 g/mol. The molecule has 0 spiro atoms. The van der Waals surface area contributed by atoms with Crippen LogP contribution in [0.3, 0.4) is 0 Å². The van der Waals surface area contributed by atoms with Gasteiger partial charge in [0.05, 0.1) is 19.8 Å². The van der Waals surface area contributed by atoms with Crippen molar-refractivity contribution in [3.05, 3.63) is 29.6 Å². The number of aliphatic hydroxyl groups is 1. The molecule has 0 amide bonds. The molecule has 0 aromatic carbocycles. The molecule has 1 N–H and O–H groups in total. The normalized spacial score (nSPS) is 9.54. The molecule has 4 heteroatoms. The zero-order chi connectivity index (χ0) is 9.52. The Hall–Kier alpha value is -1.44. The Kier molecular flexibility index (Phi) is 3.89. The van der Waals surface area contributed by atoms with Crippen LogP contribution in [0.2, 0.25) is 0 Å². The molecule has 68 valence electrons. The van der Waals surface area contributed by atoms with Crippen molar-refractivity contribution in [3.8, 4) is 6.07 Å². The van der Waals surface area contributed by atoms with Gasteiger partial charge in [0.25, 0.3) is 0 Å². The summed E-state index contributed by atoms with van der Waals surface area (Å²) in [5.74, 6) is 0. The van der Waals surface area contributed by atoms with Gasteiger partial charge in [-0.1, -0.05) is 6.07 Å². The summed E-state index contributed by atoms with van der Waals surface area (Å²) in [6.45, 7) is 0.753. The third-order valence-corrected chi connectivity index (χ3v) is 1.44. The van der Waals surface area contributed by atoms with Gasteiger partial charge in [0.15, 0.2) is 0 Å². The first kappa shape index (κ1) is 9.65. The number of rotatable bonds is 4. The van der Waals surface area contributed by atoms with Crippen LogP contribution in [0.25, 0.3) is 0 Å². The number of hydrogen-bond acceptors (Lipinski definition) is 4. The lowest BCUT2D eigenvalue weighted by Gasteiger charge is -2.00. The van der Waals surface area contributed by atoms with Gasteiger partial charge < -0.3 is 9.84 Å². The van der Waals surface area contributed by atoms with E-state index in [9.17, 15) is 0 Å². The molecule has 0 aliphatic rings. The lowest BCUT2D eigenvalue weighted by Crippen LogP contribution is -1.99. The van der Waals surface area contributed by atoms with Crippen LogP contribution in [0.15, 0.2) is 18.3 Å². The van der Waals surface area contributed by atoms with Crippen LogP contribution in [0.1, 0.15) is 11.3 Å². The summed E-state index contributed by atoms with van der Waals surface area (Å²) in [6.07, 6.45) is 1.59. The van der Waals surface area contributed by atoms with Gasteiger partial charge in [0, 0.05) is 6.20 Å². The van der Waals surface area contributed by atoms with E-state index in [0.29, 0.717) is 18.9 Å². The molecule has 0 fully saturated rings. The van der Waals surface area contributed by atoms with E-state index < -0.39 is 0 Å². The molecule has 0 aliphatic carbocycles. The molecular formula is C9H10N2O2. The second kappa shape index (κ2) is 5.25. The SMILES string of the molecule is N#Cc1ccc(COCCO)cn1. The zero-order valence-electron chi connectivity index (χ0n) is 7.10. The Morgan fingerprint density at radius 3 is 2.92 bits per heavy atom. The van der Waals surface area contributed by atoms with E-state index in [0.717, 1.165) is 5.56 Å². The van der Waals surface area contributed by atoms with Gasteiger partial charge in [0.1, 0.15) is 11.8 Å². The van der Waals surface area contributed by atoms with Crippen LogP contribution in [0.4, 0.5) is 0 Å². The van der Waals surface area contributed by atoms with Crippen LogP contribution in [-0.2, 0) is 11.3 Å². The Balaban J connectivity index is 2.46. The Bertz CT molecular complexity index is 289. The Morgan fingerprint density at radius 1 is 1.54 bits per heavy atom. The Morgan fingerprint density at radius 2 is 2.38 bits per heavy atom. The molecule has 1 rings (SSSR count). The molecule has 0 bridgehead atoms. The summed E-state index contributed by atoms with van der Waals surface area (Å²) in [6, 6.07) is 5.35. The van der Waals surface area contributed by atoms with E-state index >= 15 is 0 Å². The highest BCUT2D eigenvalue weighted by atomic mass is 16.5. The topological polar surface area (TPSA) is 66.1 Å². The van der Waals surface area contributed by atoms with E-state index in [-0.39, 0.29) is 6.61 Å². The molecule has 0 aliphatic heterocycles. The maximum atomic E-state index is 8.47. The maximum absolute atomic E-state index is 8.47. The minimum atomic E-state index is 0.0176. The van der Waals surface area contributed by atoms with Crippen LogP contribution >= 0.6 is 0 Å². The maximum Gasteiger partial charge on any atom is 0.140 e. The van der Waals surface area contributed by atoms with Gasteiger partial charge in [-0.3, -0.25) is 0 Å². The first-order chi connectivity index (χ1) is 6.36. The summed E-state index contributed by atoms with van der Waals surface area (Å²) >= 11 is 0. The number of aromatic nitrogens is 1. The minimum absolute atomic E-state index is 0.0176. The number of nitriles is 1. The predicted molar refractivity (Wildman–Crippen MR) is 45.7 cm³/mol. The van der Waals surface area contributed by atoms with Crippen molar-refractivity contribution in [1.82, 2.24) is 4.98 Å². The van der Waals surface area contributed by atoms with Crippen LogP contribution < -0.4 is 0 Å². The molecule has 0 radical (unpaired) electrons. The van der Waals surface area contributed by atoms with Crippen molar-refractivity contribution in [1.29, 1.82) is 5.26 Å². The second-order valence-corrected chi connectivity index (χ2v) is 2.44. The summed E-state index contributed by atoms with van der Waals surface area (Å²) in [5.41, 5.74) is 1.29. The molecule has 13 heavy (non-hydrogen) atoms. The molecule has 0 unspecified atom stereocenters. The Labute approximate surface area is 76.4 Å². The summed E-state index contributed by atoms with van der Waals surface area (Å²) in [7, 11) is 0. The molecule has 4 nitrogen and oxygen atoms in total. The average Bonchev–Trinajstić information content (AvgIpc) is 2.19. The van der Waals surface area contributed by atoms with E-state index in [2.05, 4.69) is 4.98 Å². The second-order valence-electron chi connectivity index (χ2n) is 2.44. The lowest BCUT2D eigenvalue weighted by atomic mass is 10.3. The largest absolute Gasteiger partial charge is 0.394 e. The van der Waals surface area contributed by atoms with Gasteiger partial charge in [-0.05, 0) is 11.6 Å². The molecule has 0 saturated heterocycles. The van der Waals surface area contributed by atoms with Gasteiger partial charge >= 0.3 is 0 Å². The molecule has 0 saturated carbocycles. The van der Waals surface area contributed by atoms with Crippen molar-refractivity contribution in [3.63, 3.8) is 0 Å². The van der Waals surface area contributed by atoms with E-state index in [1.807, 2.05) is 6.07 Å². The summed E-state index contributed by atoms with van der Waals surface area (Å²) in [5, 5.41) is 16.9. The third-order valence-electron chi connectivity index (χ3n) is 1.44. The number of nitrogens with zero attached hydrogens (tertiary/aromatic N) is 2. The van der Waals surface area contributed by atoms with Crippen molar-refractivity contribution in [2.75, 3.05) is 13.2 Å². The van der Waals surface area contributed by atoms with Crippen molar-refractivity contribution < 1.29 is 9.84 Å². The quantitative estimate of drug-likeness (QED) is 0.680. The average molecular weight is 178 g/mol. The van der Waals surface area contributed by atoms with Crippen molar-refractivity contribution in [2.45, 2.75) is 6.61 Å². The standard InChI is InChI=1S/C9H10N2O2/c10-5-9-2-1-8(6-11-9)7-13-4-3-12/h1-2,6,12H,3-4,7H2. The fraction of sp³-hybridized carbons (Fsp3) is 0.333. The van der Waals surface area contributed by atoms with Gasteiger partial charge in [-0.25, -0.2) is 4.98 Å².